The lowest BCUT2D eigenvalue weighted by molar-refractivity contribution is 0.103. The van der Waals surface area contributed by atoms with E-state index in [-0.39, 0.29) is 11.5 Å². The number of nitrogens with zero attached hydrogens (tertiary/aromatic N) is 1. The van der Waals surface area contributed by atoms with E-state index in [9.17, 15) is 9.59 Å². The van der Waals surface area contributed by atoms with Gasteiger partial charge in [-0.3, -0.25) is 14.0 Å². The van der Waals surface area contributed by atoms with Gasteiger partial charge in [0.1, 0.15) is 10.5 Å². The van der Waals surface area contributed by atoms with Gasteiger partial charge in [-0.1, -0.05) is 36.5 Å². The average Bonchev–Trinajstić information content (AvgIpc) is 3.09. The molecule has 30 heavy (non-hydrogen) atoms. The maximum absolute atomic E-state index is 13.1. The summed E-state index contributed by atoms with van der Waals surface area (Å²) in [5.74, 6) is 0.573. The van der Waals surface area contributed by atoms with Crippen LogP contribution in [-0.2, 0) is 6.42 Å². The second-order valence-electron chi connectivity index (χ2n) is 6.52. The van der Waals surface area contributed by atoms with Crippen molar-refractivity contribution in [3.8, 4) is 11.5 Å². The first kappa shape index (κ1) is 20.1. The van der Waals surface area contributed by atoms with Gasteiger partial charge in [0.2, 0.25) is 0 Å². The molecule has 0 unspecified atom stereocenters. The molecule has 0 bridgehead atoms. The van der Waals surface area contributed by atoms with Crippen LogP contribution in [-0.4, -0.2) is 29.5 Å². The second kappa shape index (κ2) is 7.92. The molecule has 4 rings (SSSR count). The van der Waals surface area contributed by atoms with Crippen molar-refractivity contribution in [1.82, 2.24) is 9.38 Å². The molecule has 0 aliphatic carbocycles. The monoisotopic (exact) mass is 441 g/mol. The molecule has 154 valence electrons. The van der Waals surface area contributed by atoms with Gasteiger partial charge in [0, 0.05) is 11.8 Å². The lowest BCUT2D eigenvalue weighted by Crippen LogP contribution is -2.15. The number of para-hydroxylation sites is 1. The highest BCUT2D eigenvalue weighted by Crippen LogP contribution is 2.32. The molecular weight excluding hydrogens is 422 g/mol. The number of aryl methyl sites for hydroxylation is 1. The maximum Gasteiger partial charge on any atom is 0.269 e. The number of ether oxygens (including phenoxy) is 2. The van der Waals surface area contributed by atoms with E-state index in [0.717, 1.165) is 29.0 Å². The Balaban J connectivity index is 1.92. The topological polar surface area (TPSA) is 84.8 Å². The Labute approximate surface area is 180 Å². The van der Waals surface area contributed by atoms with E-state index in [1.165, 1.54) is 14.2 Å². The Morgan fingerprint density at radius 3 is 2.60 bits per heavy atom. The van der Waals surface area contributed by atoms with Gasteiger partial charge in [0.05, 0.1) is 25.1 Å². The van der Waals surface area contributed by atoms with Crippen molar-refractivity contribution in [1.29, 1.82) is 0 Å². The molecule has 1 amide bonds. The molecule has 0 saturated heterocycles. The van der Waals surface area contributed by atoms with Crippen LogP contribution in [0, 0.1) is 3.95 Å². The highest BCUT2D eigenvalue weighted by atomic mass is 32.1. The molecule has 0 radical (unpaired) electrons. The minimum absolute atomic E-state index is 0.329. The lowest BCUT2D eigenvalue weighted by Gasteiger charge is -2.11. The van der Waals surface area contributed by atoms with Crippen LogP contribution in [0.2, 0.25) is 0 Å². The smallest absolute Gasteiger partial charge is 0.269 e. The van der Waals surface area contributed by atoms with Crippen LogP contribution in [0.15, 0.2) is 41.2 Å². The van der Waals surface area contributed by atoms with Crippen molar-refractivity contribution in [3.63, 3.8) is 0 Å². The zero-order valence-corrected chi connectivity index (χ0v) is 18.2. The van der Waals surface area contributed by atoms with Crippen LogP contribution in [0.1, 0.15) is 22.2 Å². The number of carbonyl (C=O) groups is 1. The van der Waals surface area contributed by atoms with Gasteiger partial charge in [0.25, 0.3) is 11.5 Å². The fourth-order valence-corrected chi connectivity index (χ4v) is 4.68. The fraction of sp³-hybridized carbons (Fsp3) is 0.190. The van der Waals surface area contributed by atoms with Gasteiger partial charge in [-0.15, -0.1) is 0 Å². The SMILES string of the molecule is CCc1ccccc1NC(=O)c1sc(=S)n2c1[nH]c(=O)c1cc(OC)c(OC)cc12. The molecular formula is C21H19N3O4S2. The van der Waals surface area contributed by atoms with E-state index in [1.54, 1.807) is 16.5 Å². The molecule has 2 aromatic heterocycles. The van der Waals surface area contributed by atoms with Crippen LogP contribution in [0.5, 0.6) is 11.5 Å². The van der Waals surface area contributed by atoms with Crippen molar-refractivity contribution in [2.45, 2.75) is 13.3 Å². The zero-order chi connectivity index (χ0) is 21.4. The normalized spacial score (nSPS) is 11.0. The third kappa shape index (κ3) is 3.25. The van der Waals surface area contributed by atoms with Crippen LogP contribution in [0.3, 0.4) is 0 Å². The quantitative estimate of drug-likeness (QED) is 0.448. The summed E-state index contributed by atoms with van der Waals surface area (Å²) in [7, 11) is 3.02. The van der Waals surface area contributed by atoms with Crippen molar-refractivity contribution in [2.75, 3.05) is 19.5 Å². The molecule has 0 aliphatic rings. The Kier molecular flexibility index (Phi) is 5.31. The average molecular weight is 442 g/mol. The number of nitrogens with one attached hydrogen (secondary N) is 2. The molecule has 0 saturated carbocycles. The number of fused-ring (bicyclic) bond motifs is 3. The largest absolute Gasteiger partial charge is 0.493 e. The lowest BCUT2D eigenvalue weighted by atomic mass is 10.1. The van der Waals surface area contributed by atoms with E-state index in [4.69, 9.17) is 21.7 Å². The Bertz CT molecular complexity index is 1400. The number of aromatic amines is 1. The number of hydrogen-bond donors (Lipinski definition) is 2. The van der Waals surface area contributed by atoms with E-state index in [1.807, 2.05) is 31.2 Å². The number of aromatic nitrogens is 2. The zero-order valence-electron chi connectivity index (χ0n) is 16.6. The van der Waals surface area contributed by atoms with Gasteiger partial charge < -0.3 is 19.8 Å². The maximum atomic E-state index is 13.1. The molecule has 2 N–H and O–H groups in total. The van der Waals surface area contributed by atoms with Crippen LogP contribution < -0.4 is 20.3 Å². The number of amides is 1. The summed E-state index contributed by atoms with van der Waals surface area (Å²) in [4.78, 5) is 29.0. The molecule has 9 heteroatoms. The predicted octanol–water partition coefficient (Wildman–Crippen LogP) is 4.40. The van der Waals surface area contributed by atoms with Crippen LogP contribution >= 0.6 is 23.6 Å². The molecule has 0 fully saturated rings. The van der Waals surface area contributed by atoms with Crippen LogP contribution in [0.4, 0.5) is 5.69 Å². The van der Waals surface area contributed by atoms with Crippen molar-refractivity contribution >= 4 is 51.7 Å². The number of rotatable bonds is 5. The minimum atomic E-state index is -0.346. The molecule has 7 nitrogen and oxygen atoms in total. The second-order valence-corrected chi connectivity index (χ2v) is 8.17. The Hall–Kier alpha value is -3.17. The number of benzene rings is 2. The predicted molar refractivity (Wildman–Crippen MR) is 121 cm³/mol. The van der Waals surface area contributed by atoms with Gasteiger partial charge in [-0.05, 0) is 36.3 Å². The van der Waals surface area contributed by atoms with E-state index >= 15 is 0 Å². The highest BCUT2D eigenvalue weighted by Gasteiger charge is 2.20. The first-order valence-corrected chi connectivity index (χ1v) is 10.4. The summed E-state index contributed by atoms with van der Waals surface area (Å²) in [5, 5.41) is 3.32. The summed E-state index contributed by atoms with van der Waals surface area (Å²) in [6.07, 6.45) is 0.784. The van der Waals surface area contributed by atoms with E-state index in [2.05, 4.69) is 10.3 Å². The molecule has 4 aromatic rings. The summed E-state index contributed by atoms with van der Waals surface area (Å²) in [6, 6.07) is 10.9. The minimum Gasteiger partial charge on any atom is -0.493 e. The van der Waals surface area contributed by atoms with Crippen molar-refractivity contribution in [3.05, 3.63) is 61.1 Å². The molecule has 2 aromatic carbocycles. The van der Waals surface area contributed by atoms with Crippen molar-refractivity contribution < 1.29 is 14.3 Å². The Morgan fingerprint density at radius 1 is 1.20 bits per heavy atom. The van der Waals surface area contributed by atoms with Crippen molar-refractivity contribution in [2.24, 2.45) is 0 Å². The third-order valence-corrected chi connectivity index (χ3v) is 6.26. The summed E-state index contributed by atoms with van der Waals surface area (Å²) < 4.78 is 12.8. The van der Waals surface area contributed by atoms with Gasteiger partial charge >= 0.3 is 0 Å². The molecule has 0 spiro atoms. The highest BCUT2D eigenvalue weighted by molar-refractivity contribution is 7.73. The number of thiazole rings is 1. The van der Waals surface area contributed by atoms with Gasteiger partial charge in [0.15, 0.2) is 15.5 Å². The van der Waals surface area contributed by atoms with Gasteiger partial charge in [-0.2, -0.15) is 0 Å². The molecule has 0 aliphatic heterocycles. The van der Waals surface area contributed by atoms with E-state index in [0.29, 0.717) is 36.9 Å². The molecule has 0 atom stereocenters. The summed E-state index contributed by atoms with van der Waals surface area (Å²) in [5.41, 5.74) is 2.30. The first-order valence-electron chi connectivity index (χ1n) is 9.21. The summed E-state index contributed by atoms with van der Waals surface area (Å²) in [6.45, 7) is 2.02. The third-order valence-electron chi connectivity index (χ3n) is 4.88. The fourth-order valence-electron chi connectivity index (χ4n) is 3.40. The number of methoxy groups -OCH3 is 2. The summed E-state index contributed by atoms with van der Waals surface area (Å²) >= 11 is 6.66. The van der Waals surface area contributed by atoms with E-state index < -0.39 is 0 Å². The van der Waals surface area contributed by atoms with Crippen LogP contribution in [0.25, 0.3) is 16.6 Å². The van der Waals surface area contributed by atoms with Gasteiger partial charge in [-0.25, -0.2) is 0 Å². The number of H-pyrrole nitrogens is 1. The first-order chi connectivity index (χ1) is 14.5. The Morgan fingerprint density at radius 2 is 1.90 bits per heavy atom. The molecule has 2 heterocycles. The standard InChI is InChI=1S/C21H19N3O4S2/c1-4-11-7-5-6-8-13(11)22-20(26)17-18-23-19(25)12-9-15(27-2)16(28-3)10-14(12)24(18)21(29)30-17/h5-10H,4H2,1-3H3,(H,22,26)(H,23,25). The number of carbonyl (C=O) groups excluding carboxylic acids is 1. The number of anilines is 1. The number of hydrogen-bond acceptors (Lipinski definition) is 6.